The number of aryl methyl sites for hydroxylation is 2. The van der Waals surface area contributed by atoms with E-state index in [1.807, 2.05) is 54.5 Å². The van der Waals surface area contributed by atoms with Gasteiger partial charge >= 0.3 is 0 Å². The molecule has 0 aliphatic carbocycles. The van der Waals surface area contributed by atoms with Gasteiger partial charge in [0.1, 0.15) is 23.9 Å². The molecule has 3 aromatic rings. The summed E-state index contributed by atoms with van der Waals surface area (Å²) in [6, 6.07) is 13.3. The Morgan fingerprint density at radius 2 is 1.97 bits per heavy atom. The Morgan fingerprint density at radius 3 is 2.71 bits per heavy atom. The first-order valence-electron chi connectivity index (χ1n) is 11.4. The molecule has 8 heteroatoms. The number of para-hydroxylation sites is 1. The molecule has 1 aromatic heterocycles. The van der Waals surface area contributed by atoms with Crippen molar-refractivity contribution in [3.05, 3.63) is 75.2 Å². The Morgan fingerprint density at radius 1 is 1.14 bits per heavy atom. The van der Waals surface area contributed by atoms with Crippen LogP contribution in [0.4, 0.5) is 5.69 Å². The summed E-state index contributed by atoms with van der Waals surface area (Å²) in [7, 11) is 1.85. The minimum atomic E-state index is -0.365. The Kier molecular flexibility index (Phi) is 10.5. The largest absolute Gasteiger partial charge is 0.303 e. The zero-order valence-electron chi connectivity index (χ0n) is 19.8. The normalized spacial score (nSPS) is 11.8. The first-order valence-corrected chi connectivity index (χ1v) is 13.2. The molecule has 35 heavy (non-hydrogen) atoms. The topological polar surface area (TPSA) is 79.7 Å². The van der Waals surface area contributed by atoms with E-state index in [9.17, 15) is 14.4 Å². The van der Waals surface area contributed by atoms with Gasteiger partial charge in [-0.15, -0.1) is 23.1 Å². The van der Waals surface area contributed by atoms with Crippen LogP contribution in [0.5, 0.6) is 0 Å². The van der Waals surface area contributed by atoms with Crippen molar-refractivity contribution < 1.29 is 14.4 Å². The highest BCUT2D eigenvalue weighted by molar-refractivity contribution is 7.98. The minimum Gasteiger partial charge on any atom is -0.303 e. The molecule has 1 atom stereocenters. The van der Waals surface area contributed by atoms with Gasteiger partial charge in [-0.05, 0) is 56.3 Å². The number of nitrogens with zero attached hydrogens (tertiary/aromatic N) is 3. The number of carbonyl (C=O) groups is 3. The maximum atomic E-state index is 11.7. The van der Waals surface area contributed by atoms with Crippen molar-refractivity contribution in [1.82, 2.24) is 9.88 Å². The van der Waals surface area contributed by atoms with Crippen LogP contribution in [-0.2, 0) is 34.7 Å². The van der Waals surface area contributed by atoms with Crippen molar-refractivity contribution in [3.63, 3.8) is 0 Å². The lowest BCUT2D eigenvalue weighted by Crippen LogP contribution is -2.33. The number of aliphatic imine (C=N–C) groups is 1. The number of benzene rings is 2. The summed E-state index contributed by atoms with van der Waals surface area (Å²) < 4.78 is 0. The van der Waals surface area contributed by atoms with Crippen LogP contribution in [0.25, 0.3) is 0 Å². The molecule has 6 nitrogen and oxygen atoms in total. The number of rotatable bonds is 15. The number of hydrogen-bond donors (Lipinski definition) is 0. The van der Waals surface area contributed by atoms with Gasteiger partial charge in [0.25, 0.3) is 0 Å². The lowest BCUT2D eigenvalue weighted by molar-refractivity contribution is -0.113. The first-order chi connectivity index (χ1) is 17.1. The molecule has 0 radical (unpaired) electrons. The van der Waals surface area contributed by atoms with Gasteiger partial charge in [-0.1, -0.05) is 30.3 Å². The number of aldehydes is 3. The Bertz CT molecular complexity index is 1160. The molecule has 0 N–H and O–H groups in total. The van der Waals surface area contributed by atoms with Crippen LogP contribution in [0, 0.1) is 0 Å². The molecule has 0 saturated carbocycles. The van der Waals surface area contributed by atoms with Crippen molar-refractivity contribution >= 4 is 54.4 Å². The molecular formula is C27H29N3O3S2. The van der Waals surface area contributed by atoms with Gasteiger partial charge in [-0.25, -0.2) is 4.98 Å². The zero-order chi connectivity index (χ0) is 25.0. The van der Waals surface area contributed by atoms with Gasteiger partial charge < -0.3 is 9.59 Å². The number of hydrogen-bond acceptors (Lipinski definition) is 8. The van der Waals surface area contributed by atoms with Crippen molar-refractivity contribution in [2.75, 3.05) is 7.05 Å². The highest BCUT2D eigenvalue weighted by atomic mass is 32.2. The molecule has 0 bridgehead atoms. The van der Waals surface area contributed by atoms with Gasteiger partial charge in [0.15, 0.2) is 0 Å². The summed E-state index contributed by atoms with van der Waals surface area (Å²) in [5.74, 6) is 0.766. The smallest absolute Gasteiger partial charge is 0.150 e. The van der Waals surface area contributed by atoms with Crippen LogP contribution in [0.2, 0.25) is 0 Å². The third kappa shape index (κ3) is 7.52. The van der Waals surface area contributed by atoms with Crippen LogP contribution in [0.15, 0.2) is 58.5 Å². The number of carbonyl (C=O) groups excluding carboxylic acids is 3. The van der Waals surface area contributed by atoms with E-state index in [-0.39, 0.29) is 6.04 Å². The van der Waals surface area contributed by atoms with E-state index in [2.05, 4.69) is 16.7 Å². The molecule has 2 aromatic carbocycles. The quantitative estimate of drug-likeness (QED) is 0.157. The van der Waals surface area contributed by atoms with Crippen LogP contribution < -0.4 is 0 Å². The molecular weight excluding hydrogens is 478 g/mol. The van der Waals surface area contributed by atoms with Crippen LogP contribution >= 0.6 is 23.1 Å². The predicted octanol–water partition coefficient (Wildman–Crippen LogP) is 5.34. The SMILES string of the molecule is C=Nc1ccccc1SCc1ncc(CCc2cccc(C=O)c2CN(C)C(C=O)CCC=O)s1. The van der Waals surface area contributed by atoms with Crippen LogP contribution in [0.3, 0.4) is 0 Å². The highest BCUT2D eigenvalue weighted by Crippen LogP contribution is 2.32. The molecule has 0 aliphatic rings. The van der Waals surface area contributed by atoms with Crippen LogP contribution in [0.1, 0.15) is 44.2 Å². The number of likely N-dealkylation sites (N-methyl/N-ethyl adjacent to an activating group) is 1. The van der Waals surface area contributed by atoms with E-state index in [1.165, 1.54) is 4.88 Å². The van der Waals surface area contributed by atoms with E-state index in [0.29, 0.717) is 24.9 Å². The molecule has 1 heterocycles. The van der Waals surface area contributed by atoms with Crippen molar-refractivity contribution in [2.45, 2.75) is 48.9 Å². The highest BCUT2D eigenvalue weighted by Gasteiger charge is 2.17. The fourth-order valence-corrected chi connectivity index (χ4v) is 5.77. The van der Waals surface area contributed by atoms with Gasteiger partial charge in [0.2, 0.25) is 0 Å². The fraction of sp³-hybridized carbons (Fsp3) is 0.296. The summed E-state index contributed by atoms with van der Waals surface area (Å²) in [4.78, 5) is 46.8. The van der Waals surface area contributed by atoms with E-state index in [4.69, 9.17) is 0 Å². The summed E-state index contributed by atoms with van der Waals surface area (Å²) in [5.41, 5.74) is 3.52. The molecule has 0 aliphatic heterocycles. The van der Waals surface area contributed by atoms with Crippen molar-refractivity contribution in [2.24, 2.45) is 4.99 Å². The molecule has 0 spiro atoms. The van der Waals surface area contributed by atoms with E-state index >= 15 is 0 Å². The molecule has 0 fully saturated rings. The first kappa shape index (κ1) is 26.7. The fourth-order valence-electron chi connectivity index (χ4n) is 3.83. The molecule has 0 amide bonds. The van der Waals surface area contributed by atoms with E-state index < -0.39 is 0 Å². The lowest BCUT2D eigenvalue weighted by Gasteiger charge is -2.25. The standard InChI is InChI=1S/C27H29N3O3S2/c1-28-25-10-3-4-11-26(25)34-19-27-29-15-23(35-27)13-12-20-7-5-8-21(17-32)24(20)16-30(2)22(18-33)9-6-14-31/h3-5,7-8,10-11,14-15,17-18,22H,1,6,9,12-13,16,19H2,2H3. The van der Waals surface area contributed by atoms with Crippen molar-refractivity contribution in [1.29, 1.82) is 0 Å². The summed E-state index contributed by atoms with van der Waals surface area (Å²) in [6.07, 6.45) is 6.87. The predicted molar refractivity (Wildman–Crippen MR) is 143 cm³/mol. The van der Waals surface area contributed by atoms with Gasteiger partial charge in [0.05, 0.1) is 17.5 Å². The molecule has 1 unspecified atom stereocenters. The summed E-state index contributed by atoms with van der Waals surface area (Å²) >= 11 is 3.39. The molecule has 3 rings (SSSR count). The van der Waals surface area contributed by atoms with Gasteiger partial charge in [0, 0.05) is 34.5 Å². The Labute approximate surface area is 214 Å². The van der Waals surface area contributed by atoms with Crippen molar-refractivity contribution in [3.8, 4) is 0 Å². The van der Waals surface area contributed by atoms with Gasteiger partial charge in [-0.3, -0.25) is 14.7 Å². The maximum Gasteiger partial charge on any atom is 0.150 e. The second kappa shape index (κ2) is 13.8. The molecule has 0 saturated heterocycles. The number of aromatic nitrogens is 1. The summed E-state index contributed by atoms with van der Waals surface area (Å²) in [6.45, 7) is 4.10. The van der Waals surface area contributed by atoms with Crippen LogP contribution in [-0.4, -0.2) is 48.5 Å². The van der Waals surface area contributed by atoms with E-state index in [1.54, 1.807) is 29.2 Å². The monoisotopic (exact) mass is 507 g/mol. The zero-order valence-corrected chi connectivity index (χ0v) is 21.4. The number of thioether (sulfide) groups is 1. The summed E-state index contributed by atoms with van der Waals surface area (Å²) in [5, 5.41) is 1.05. The third-order valence-corrected chi connectivity index (χ3v) is 8.09. The second-order valence-electron chi connectivity index (χ2n) is 8.10. The molecule has 182 valence electrons. The minimum absolute atomic E-state index is 0.331. The second-order valence-corrected chi connectivity index (χ2v) is 10.3. The number of thiazole rings is 1. The maximum absolute atomic E-state index is 11.7. The Balaban J connectivity index is 1.66. The average molecular weight is 508 g/mol. The third-order valence-electron chi connectivity index (χ3n) is 5.78. The van der Waals surface area contributed by atoms with Gasteiger partial charge in [-0.2, -0.15) is 0 Å². The van der Waals surface area contributed by atoms with E-state index in [0.717, 1.165) is 64.2 Å². The Hall–Kier alpha value is -2.94. The average Bonchev–Trinajstić information content (AvgIpc) is 3.35. The lowest BCUT2D eigenvalue weighted by atomic mass is 9.97.